The summed E-state index contributed by atoms with van der Waals surface area (Å²) in [5.41, 5.74) is 0.105. The topological polar surface area (TPSA) is 46.4 Å². The molecule has 0 saturated carbocycles. The molecule has 1 aromatic rings. The summed E-state index contributed by atoms with van der Waals surface area (Å²) < 4.78 is 13.1. The second-order valence-corrected chi connectivity index (χ2v) is 2.79. The average molecular weight is 184 g/mol. The van der Waals surface area contributed by atoms with E-state index in [4.69, 9.17) is 0 Å². The van der Waals surface area contributed by atoms with Gasteiger partial charge in [0.05, 0.1) is 16.7 Å². The lowest BCUT2D eigenvalue weighted by Crippen LogP contribution is -2.10. The average Bonchev–Trinajstić information content (AvgIpc) is 2.03. The predicted octanol–water partition coefficient (Wildman–Crippen LogP) is 1.80. The van der Waals surface area contributed by atoms with Crippen LogP contribution in [0, 0.1) is 15.9 Å². The molecule has 70 valence electrons. The van der Waals surface area contributed by atoms with Gasteiger partial charge in [-0.3, -0.25) is 10.1 Å². The van der Waals surface area contributed by atoms with Crippen molar-refractivity contribution in [2.75, 3.05) is 19.0 Å². The van der Waals surface area contributed by atoms with Gasteiger partial charge < -0.3 is 4.90 Å². The molecule has 0 aliphatic heterocycles. The van der Waals surface area contributed by atoms with Gasteiger partial charge in [0.2, 0.25) is 0 Å². The van der Waals surface area contributed by atoms with Gasteiger partial charge in [0.15, 0.2) is 5.82 Å². The quantitative estimate of drug-likeness (QED) is 0.520. The Labute approximate surface area is 74.7 Å². The molecule has 0 N–H and O–H groups in total. The van der Waals surface area contributed by atoms with Gasteiger partial charge in [-0.2, -0.15) is 0 Å². The molecule has 5 heteroatoms. The third kappa shape index (κ3) is 1.93. The summed E-state index contributed by atoms with van der Waals surface area (Å²) in [5, 5.41) is 10.3. The van der Waals surface area contributed by atoms with Crippen molar-refractivity contribution < 1.29 is 9.31 Å². The number of non-ortho nitro benzene ring substituents is 1. The number of anilines is 1. The van der Waals surface area contributed by atoms with Gasteiger partial charge in [0.25, 0.3) is 5.69 Å². The lowest BCUT2D eigenvalue weighted by Gasteiger charge is -2.12. The molecule has 0 aliphatic rings. The van der Waals surface area contributed by atoms with E-state index in [0.29, 0.717) is 5.69 Å². The van der Waals surface area contributed by atoms with Crippen LogP contribution in [0.5, 0.6) is 0 Å². The summed E-state index contributed by atoms with van der Waals surface area (Å²) in [5.74, 6) is -0.584. The normalized spacial score (nSPS) is 9.77. The van der Waals surface area contributed by atoms with Gasteiger partial charge in [-0.15, -0.1) is 0 Å². The zero-order valence-corrected chi connectivity index (χ0v) is 7.32. The fraction of sp³-hybridized carbons (Fsp3) is 0.250. The number of rotatable bonds is 2. The van der Waals surface area contributed by atoms with Crippen LogP contribution >= 0.6 is 0 Å². The smallest absolute Gasteiger partial charge is 0.272 e. The number of hydrogen-bond acceptors (Lipinski definition) is 3. The van der Waals surface area contributed by atoms with Crippen molar-refractivity contribution in [2.24, 2.45) is 0 Å². The third-order valence-electron chi connectivity index (χ3n) is 1.62. The highest BCUT2D eigenvalue weighted by molar-refractivity contribution is 5.51. The predicted molar refractivity (Wildman–Crippen MR) is 47.4 cm³/mol. The molecular formula is C8H9FN2O2. The van der Waals surface area contributed by atoms with Crippen molar-refractivity contribution in [1.29, 1.82) is 0 Å². The van der Waals surface area contributed by atoms with Crippen LogP contribution in [0.2, 0.25) is 0 Å². The first-order chi connectivity index (χ1) is 6.02. The van der Waals surface area contributed by atoms with Crippen LogP contribution in [0.4, 0.5) is 15.8 Å². The van der Waals surface area contributed by atoms with E-state index in [-0.39, 0.29) is 5.69 Å². The molecule has 0 bridgehead atoms. The Bertz CT molecular complexity index is 339. The van der Waals surface area contributed by atoms with E-state index < -0.39 is 10.7 Å². The SMILES string of the molecule is CN(C)c1ccc([N+](=O)[O-])cc1F. The first kappa shape index (κ1) is 9.44. The molecule has 13 heavy (non-hydrogen) atoms. The Balaban J connectivity index is 3.13. The second kappa shape index (κ2) is 3.38. The number of hydrogen-bond donors (Lipinski definition) is 0. The molecule has 1 aromatic carbocycles. The highest BCUT2D eigenvalue weighted by Crippen LogP contribution is 2.21. The van der Waals surface area contributed by atoms with E-state index in [1.165, 1.54) is 12.1 Å². The largest absolute Gasteiger partial charge is 0.375 e. The van der Waals surface area contributed by atoms with Gasteiger partial charge in [0, 0.05) is 20.2 Å². The lowest BCUT2D eigenvalue weighted by atomic mass is 10.2. The number of halogens is 1. The van der Waals surface area contributed by atoms with Gasteiger partial charge in [-0.05, 0) is 6.07 Å². The van der Waals surface area contributed by atoms with Crippen LogP contribution in [-0.4, -0.2) is 19.0 Å². The Hall–Kier alpha value is -1.65. The highest BCUT2D eigenvalue weighted by Gasteiger charge is 2.10. The molecule has 0 fully saturated rings. The van der Waals surface area contributed by atoms with E-state index in [2.05, 4.69) is 0 Å². The molecule has 0 spiro atoms. The molecule has 0 amide bonds. The first-order valence-corrected chi connectivity index (χ1v) is 3.63. The molecule has 0 aromatic heterocycles. The lowest BCUT2D eigenvalue weighted by molar-refractivity contribution is -0.385. The molecular weight excluding hydrogens is 175 g/mol. The maximum Gasteiger partial charge on any atom is 0.272 e. The van der Waals surface area contributed by atoms with Crippen LogP contribution in [0.1, 0.15) is 0 Å². The molecule has 0 radical (unpaired) electrons. The van der Waals surface area contributed by atoms with E-state index in [0.717, 1.165) is 6.07 Å². The third-order valence-corrected chi connectivity index (χ3v) is 1.62. The molecule has 0 heterocycles. The van der Waals surface area contributed by atoms with E-state index in [1.54, 1.807) is 19.0 Å². The fourth-order valence-corrected chi connectivity index (χ4v) is 0.972. The maximum atomic E-state index is 13.1. The summed E-state index contributed by atoms with van der Waals surface area (Å²) >= 11 is 0. The van der Waals surface area contributed by atoms with Crippen molar-refractivity contribution in [3.63, 3.8) is 0 Å². The van der Waals surface area contributed by atoms with Crippen LogP contribution < -0.4 is 4.90 Å². The van der Waals surface area contributed by atoms with Gasteiger partial charge in [0.1, 0.15) is 0 Å². The van der Waals surface area contributed by atoms with Gasteiger partial charge in [-0.25, -0.2) is 4.39 Å². The van der Waals surface area contributed by atoms with Gasteiger partial charge >= 0.3 is 0 Å². The minimum Gasteiger partial charge on any atom is -0.375 e. The van der Waals surface area contributed by atoms with Crippen molar-refractivity contribution >= 4 is 11.4 Å². The number of nitrogens with zero attached hydrogens (tertiary/aromatic N) is 2. The van der Waals surface area contributed by atoms with Crippen molar-refractivity contribution in [2.45, 2.75) is 0 Å². The van der Waals surface area contributed by atoms with E-state index in [9.17, 15) is 14.5 Å². The summed E-state index contributed by atoms with van der Waals surface area (Å²) in [7, 11) is 3.34. The zero-order valence-electron chi connectivity index (χ0n) is 7.32. The number of benzene rings is 1. The van der Waals surface area contributed by atoms with Crippen molar-refractivity contribution in [1.82, 2.24) is 0 Å². The minimum absolute atomic E-state index is 0.233. The van der Waals surface area contributed by atoms with Crippen LogP contribution in [0.15, 0.2) is 18.2 Å². The summed E-state index contributed by atoms with van der Waals surface area (Å²) in [4.78, 5) is 11.2. The molecule has 0 atom stereocenters. The zero-order chi connectivity index (χ0) is 10.0. The van der Waals surface area contributed by atoms with Crippen LogP contribution in [-0.2, 0) is 0 Å². The van der Waals surface area contributed by atoms with Crippen molar-refractivity contribution in [3.05, 3.63) is 34.1 Å². The van der Waals surface area contributed by atoms with E-state index >= 15 is 0 Å². The Morgan fingerprint density at radius 3 is 2.46 bits per heavy atom. The highest BCUT2D eigenvalue weighted by atomic mass is 19.1. The summed E-state index contributed by atoms with van der Waals surface area (Å²) in [6.45, 7) is 0. The van der Waals surface area contributed by atoms with Crippen LogP contribution in [0.3, 0.4) is 0 Å². The Kier molecular flexibility index (Phi) is 2.46. The fourth-order valence-electron chi connectivity index (χ4n) is 0.972. The van der Waals surface area contributed by atoms with Gasteiger partial charge in [-0.1, -0.05) is 0 Å². The van der Waals surface area contributed by atoms with Crippen LogP contribution in [0.25, 0.3) is 0 Å². The Morgan fingerprint density at radius 1 is 1.46 bits per heavy atom. The first-order valence-electron chi connectivity index (χ1n) is 3.63. The van der Waals surface area contributed by atoms with Crippen molar-refractivity contribution in [3.8, 4) is 0 Å². The second-order valence-electron chi connectivity index (χ2n) is 2.79. The molecule has 1 rings (SSSR count). The number of nitro groups is 1. The summed E-state index contributed by atoms with van der Waals surface area (Å²) in [6, 6.07) is 3.57. The number of nitro benzene ring substituents is 1. The standard InChI is InChI=1S/C8H9FN2O2/c1-10(2)8-4-3-6(11(12)13)5-7(8)9/h3-5H,1-2H3. The maximum absolute atomic E-state index is 13.1. The monoisotopic (exact) mass is 184 g/mol. The molecule has 0 saturated heterocycles. The Morgan fingerprint density at radius 2 is 2.08 bits per heavy atom. The van der Waals surface area contributed by atoms with E-state index in [1.807, 2.05) is 0 Å². The molecule has 0 unspecified atom stereocenters. The molecule has 0 aliphatic carbocycles. The summed E-state index contributed by atoms with van der Waals surface area (Å²) in [6.07, 6.45) is 0. The molecule has 4 nitrogen and oxygen atoms in total. The minimum atomic E-state index is -0.622.